The maximum atomic E-state index is 12.6. The van der Waals surface area contributed by atoms with E-state index < -0.39 is 6.10 Å². The van der Waals surface area contributed by atoms with Crippen LogP contribution < -0.4 is 10.1 Å². The molecule has 1 atom stereocenters. The minimum absolute atomic E-state index is 0.173. The third-order valence-electron chi connectivity index (χ3n) is 3.87. The number of rotatable bonds is 6. The summed E-state index contributed by atoms with van der Waals surface area (Å²) < 4.78 is 10.9. The number of aliphatic hydroxyl groups is 1. The molecule has 0 bridgehead atoms. The van der Waals surface area contributed by atoms with Gasteiger partial charge >= 0.3 is 0 Å². The first-order valence-corrected chi connectivity index (χ1v) is 7.77. The molecule has 1 aromatic heterocycles. The smallest absolute Gasteiger partial charge is 0.255 e. The van der Waals surface area contributed by atoms with Crippen LogP contribution in [0.1, 0.15) is 43.3 Å². The van der Waals surface area contributed by atoms with Gasteiger partial charge < -0.3 is 19.6 Å². The van der Waals surface area contributed by atoms with Gasteiger partial charge in [-0.2, -0.15) is 0 Å². The van der Waals surface area contributed by atoms with Crippen molar-refractivity contribution in [3.63, 3.8) is 0 Å². The summed E-state index contributed by atoms with van der Waals surface area (Å²) in [6.45, 7) is 8.05. The molecule has 0 aliphatic carbocycles. The first-order chi connectivity index (χ1) is 10.7. The Labute approximate surface area is 136 Å². The molecule has 1 aromatic carbocycles. The number of fused-ring (bicyclic) bond motifs is 1. The SMILES string of the molecule is COc1ccc2oc(C)c(C(=O)NCC(C)(C)CC(C)O)c2c1. The lowest BCUT2D eigenvalue weighted by Crippen LogP contribution is -2.35. The Morgan fingerprint density at radius 3 is 2.74 bits per heavy atom. The van der Waals surface area contributed by atoms with Crippen LogP contribution in [0.5, 0.6) is 5.75 Å². The van der Waals surface area contributed by atoms with Crippen molar-refractivity contribution in [2.45, 2.75) is 40.2 Å². The van der Waals surface area contributed by atoms with Gasteiger partial charge in [0.2, 0.25) is 0 Å². The van der Waals surface area contributed by atoms with Crippen LogP contribution in [0.2, 0.25) is 0 Å². The summed E-state index contributed by atoms with van der Waals surface area (Å²) in [6.07, 6.45) is 0.217. The monoisotopic (exact) mass is 319 g/mol. The Morgan fingerprint density at radius 1 is 1.43 bits per heavy atom. The van der Waals surface area contributed by atoms with Crippen LogP contribution in [0.4, 0.5) is 0 Å². The normalized spacial score (nSPS) is 13.1. The number of hydrogen-bond acceptors (Lipinski definition) is 4. The molecule has 0 fully saturated rings. The highest BCUT2D eigenvalue weighted by Crippen LogP contribution is 2.29. The number of aryl methyl sites for hydroxylation is 1. The van der Waals surface area contributed by atoms with Crippen LogP contribution in [-0.4, -0.2) is 30.8 Å². The number of aliphatic hydroxyl groups excluding tert-OH is 1. The third-order valence-corrected chi connectivity index (χ3v) is 3.87. The van der Waals surface area contributed by atoms with E-state index >= 15 is 0 Å². The summed E-state index contributed by atoms with van der Waals surface area (Å²) in [5.74, 6) is 1.09. The number of carbonyl (C=O) groups excluding carboxylic acids is 1. The summed E-state index contributed by atoms with van der Waals surface area (Å²) in [7, 11) is 1.59. The molecule has 0 saturated heterocycles. The number of methoxy groups -OCH3 is 1. The van der Waals surface area contributed by atoms with Crippen LogP contribution in [0.15, 0.2) is 22.6 Å². The quantitative estimate of drug-likeness (QED) is 0.857. The topological polar surface area (TPSA) is 71.7 Å². The second kappa shape index (κ2) is 6.62. The van der Waals surface area contributed by atoms with E-state index in [2.05, 4.69) is 5.32 Å². The van der Waals surface area contributed by atoms with Gasteiger partial charge in [0.15, 0.2) is 0 Å². The second-order valence-corrected chi connectivity index (χ2v) is 6.80. The fraction of sp³-hybridized carbons (Fsp3) is 0.500. The molecular formula is C18H25NO4. The molecule has 2 rings (SSSR count). The predicted molar refractivity (Wildman–Crippen MR) is 89.9 cm³/mol. The van der Waals surface area contributed by atoms with E-state index in [0.29, 0.717) is 35.6 Å². The molecule has 0 radical (unpaired) electrons. The molecule has 0 saturated carbocycles. The van der Waals surface area contributed by atoms with Crippen molar-refractivity contribution in [3.8, 4) is 5.75 Å². The average Bonchev–Trinajstić information content (AvgIpc) is 2.78. The van der Waals surface area contributed by atoms with Crippen molar-refractivity contribution in [2.75, 3.05) is 13.7 Å². The molecule has 0 aliphatic rings. The van der Waals surface area contributed by atoms with Crippen molar-refractivity contribution >= 4 is 16.9 Å². The van der Waals surface area contributed by atoms with Crippen LogP contribution in [0, 0.1) is 12.3 Å². The molecule has 23 heavy (non-hydrogen) atoms. The molecule has 2 N–H and O–H groups in total. The lowest BCUT2D eigenvalue weighted by atomic mass is 9.87. The van der Waals surface area contributed by atoms with Crippen LogP contribution in [0.3, 0.4) is 0 Å². The van der Waals surface area contributed by atoms with E-state index in [4.69, 9.17) is 9.15 Å². The van der Waals surface area contributed by atoms with Crippen molar-refractivity contribution in [2.24, 2.45) is 5.41 Å². The van der Waals surface area contributed by atoms with Gasteiger partial charge in [-0.15, -0.1) is 0 Å². The zero-order chi connectivity index (χ0) is 17.2. The number of nitrogens with one attached hydrogen (secondary N) is 1. The molecule has 2 aromatic rings. The van der Waals surface area contributed by atoms with Gasteiger partial charge in [0.05, 0.1) is 18.8 Å². The van der Waals surface area contributed by atoms with Gasteiger partial charge in [0.25, 0.3) is 5.91 Å². The first-order valence-electron chi connectivity index (χ1n) is 7.77. The molecule has 1 heterocycles. The molecular weight excluding hydrogens is 294 g/mol. The van der Waals surface area contributed by atoms with E-state index in [9.17, 15) is 9.90 Å². The maximum absolute atomic E-state index is 12.6. The third kappa shape index (κ3) is 4.05. The van der Waals surface area contributed by atoms with Gasteiger partial charge in [0, 0.05) is 11.9 Å². The van der Waals surface area contributed by atoms with Gasteiger partial charge in [-0.3, -0.25) is 4.79 Å². The molecule has 5 nitrogen and oxygen atoms in total. The minimum atomic E-state index is -0.400. The Kier molecular flexibility index (Phi) is 5.00. The summed E-state index contributed by atoms with van der Waals surface area (Å²) in [6, 6.07) is 5.41. The zero-order valence-corrected chi connectivity index (χ0v) is 14.4. The summed E-state index contributed by atoms with van der Waals surface area (Å²) >= 11 is 0. The van der Waals surface area contributed by atoms with Gasteiger partial charge in [0.1, 0.15) is 17.1 Å². The number of benzene rings is 1. The molecule has 5 heteroatoms. The Morgan fingerprint density at radius 2 is 2.13 bits per heavy atom. The highest BCUT2D eigenvalue weighted by atomic mass is 16.5. The Balaban J connectivity index is 2.22. The summed E-state index contributed by atoms with van der Waals surface area (Å²) in [5.41, 5.74) is 1.01. The minimum Gasteiger partial charge on any atom is -0.497 e. The van der Waals surface area contributed by atoms with E-state index in [-0.39, 0.29) is 11.3 Å². The Bertz CT molecular complexity index is 700. The van der Waals surface area contributed by atoms with E-state index in [0.717, 1.165) is 5.39 Å². The summed E-state index contributed by atoms with van der Waals surface area (Å²) in [5, 5.41) is 13.2. The number of ether oxygens (including phenoxy) is 1. The molecule has 126 valence electrons. The van der Waals surface area contributed by atoms with Crippen molar-refractivity contribution < 1.29 is 19.1 Å². The highest BCUT2D eigenvalue weighted by molar-refractivity contribution is 6.07. The predicted octanol–water partition coefficient (Wildman–Crippen LogP) is 3.28. The first kappa shape index (κ1) is 17.3. The average molecular weight is 319 g/mol. The number of hydrogen-bond donors (Lipinski definition) is 2. The molecule has 1 unspecified atom stereocenters. The lowest BCUT2D eigenvalue weighted by Gasteiger charge is -2.26. The largest absolute Gasteiger partial charge is 0.497 e. The number of carbonyl (C=O) groups is 1. The van der Waals surface area contributed by atoms with E-state index in [1.165, 1.54) is 0 Å². The molecule has 0 spiro atoms. The van der Waals surface area contributed by atoms with Crippen molar-refractivity contribution in [1.82, 2.24) is 5.32 Å². The standard InChI is InChI=1S/C18H25NO4/c1-11(20)9-18(3,4)10-19-17(21)16-12(2)23-15-7-6-13(22-5)8-14(15)16/h6-8,11,20H,9-10H2,1-5H3,(H,19,21). The summed E-state index contributed by atoms with van der Waals surface area (Å²) in [4.78, 5) is 12.6. The van der Waals surface area contributed by atoms with E-state index in [1.807, 2.05) is 19.9 Å². The Hall–Kier alpha value is -2.01. The van der Waals surface area contributed by atoms with Crippen molar-refractivity contribution in [3.05, 3.63) is 29.5 Å². The zero-order valence-electron chi connectivity index (χ0n) is 14.4. The second-order valence-electron chi connectivity index (χ2n) is 6.80. The van der Waals surface area contributed by atoms with Gasteiger partial charge in [-0.1, -0.05) is 13.8 Å². The highest BCUT2D eigenvalue weighted by Gasteiger charge is 2.24. The fourth-order valence-corrected chi connectivity index (χ4v) is 2.89. The van der Waals surface area contributed by atoms with Gasteiger partial charge in [-0.05, 0) is 43.9 Å². The van der Waals surface area contributed by atoms with Gasteiger partial charge in [-0.25, -0.2) is 0 Å². The van der Waals surface area contributed by atoms with Crippen LogP contribution in [-0.2, 0) is 0 Å². The number of furan rings is 1. The lowest BCUT2D eigenvalue weighted by molar-refractivity contribution is 0.0902. The molecule has 1 amide bonds. The number of amides is 1. The molecule has 0 aliphatic heterocycles. The fourth-order valence-electron chi connectivity index (χ4n) is 2.89. The van der Waals surface area contributed by atoms with E-state index in [1.54, 1.807) is 33.1 Å². The maximum Gasteiger partial charge on any atom is 0.255 e. The van der Waals surface area contributed by atoms with Crippen molar-refractivity contribution in [1.29, 1.82) is 0 Å². The van der Waals surface area contributed by atoms with Crippen LogP contribution in [0.25, 0.3) is 11.0 Å². The van der Waals surface area contributed by atoms with Crippen LogP contribution >= 0.6 is 0 Å².